The first-order chi connectivity index (χ1) is 34.9. The quantitative estimate of drug-likeness (QED) is 0.0282. The molecule has 0 saturated carbocycles. The first kappa shape index (κ1) is 64.8. The van der Waals surface area contributed by atoms with Crippen LogP contribution in [0.4, 0.5) is 0 Å². The molecule has 18 unspecified atom stereocenters. The summed E-state index contributed by atoms with van der Waals surface area (Å²) in [5, 5.41) is 135. The maximum Gasteiger partial charge on any atom is 0.364 e. The van der Waals surface area contributed by atoms with E-state index in [2.05, 4.69) is 36.6 Å². The predicted octanol–water partition coefficient (Wildman–Crippen LogP) is -0.345. The van der Waals surface area contributed by atoms with Gasteiger partial charge in [-0.25, -0.2) is 4.79 Å². The summed E-state index contributed by atoms with van der Waals surface area (Å²) in [4.78, 5) is 38.1. The van der Waals surface area contributed by atoms with Gasteiger partial charge in [0, 0.05) is 19.8 Å². The highest BCUT2D eigenvalue weighted by molar-refractivity contribution is 5.77. The summed E-state index contributed by atoms with van der Waals surface area (Å²) in [7, 11) is 0. The normalized spacial score (nSPS) is 32.5. The first-order valence-electron chi connectivity index (χ1n) is 26.5. The molecule has 23 heteroatoms. The van der Waals surface area contributed by atoms with Crippen molar-refractivity contribution in [3.63, 3.8) is 0 Å². The zero-order chi connectivity index (χ0) is 54.1. The summed E-state index contributed by atoms with van der Waals surface area (Å²) < 4.78 is 34.5. The first-order valence-corrected chi connectivity index (χ1v) is 26.5. The lowest BCUT2D eigenvalue weighted by Crippen LogP contribution is -2.70. The molecule has 14 N–H and O–H groups in total. The van der Waals surface area contributed by atoms with Gasteiger partial charge in [0.15, 0.2) is 12.6 Å². The van der Waals surface area contributed by atoms with Crippen molar-refractivity contribution in [2.45, 2.75) is 259 Å². The number of nitrogens with one attached hydrogen (secondary N) is 2. The molecule has 3 saturated heterocycles. The second-order valence-electron chi connectivity index (χ2n) is 19.7. The van der Waals surface area contributed by atoms with E-state index in [-0.39, 0.29) is 18.9 Å². The van der Waals surface area contributed by atoms with Gasteiger partial charge in [0.25, 0.3) is 5.79 Å². The summed E-state index contributed by atoms with van der Waals surface area (Å²) >= 11 is 0. The van der Waals surface area contributed by atoms with Crippen LogP contribution in [0.5, 0.6) is 0 Å². The monoisotopic (exact) mass is 1050 g/mol. The van der Waals surface area contributed by atoms with E-state index in [1.165, 1.54) is 44.9 Å². The fourth-order valence-electron chi connectivity index (χ4n) is 9.36. The number of carboxylic acids is 1. The molecule has 3 aliphatic heterocycles. The van der Waals surface area contributed by atoms with E-state index in [0.717, 1.165) is 51.9 Å². The molecule has 73 heavy (non-hydrogen) atoms. The molecule has 0 bridgehead atoms. The average molecular weight is 1060 g/mol. The summed E-state index contributed by atoms with van der Waals surface area (Å²) in [6.07, 6.45) is -6.85. The molecule has 3 aliphatic rings. The second-order valence-corrected chi connectivity index (χ2v) is 19.7. The van der Waals surface area contributed by atoms with Crippen LogP contribution in [0, 0.1) is 0 Å². The minimum absolute atomic E-state index is 0.174. The number of rotatable bonds is 36. The molecule has 0 aromatic rings. The lowest BCUT2D eigenvalue weighted by molar-refractivity contribution is -0.386. The highest BCUT2D eigenvalue weighted by atomic mass is 16.8. The number of carbonyl (C=O) groups is 3. The molecule has 0 aromatic heterocycles. The molecule has 23 nitrogen and oxygen atoms in total. The van der Waals surface area contributed by atoms with E-state index in [9.17, 15) is 75.7 Å². The van der Waals surface area contributed by atoms with Crippen LogP contribution in [0.15, 0.2) is 12.2 Å². The van der Waals surface area contributed by atoms with Crippen molar-refractivity contribution in [1.29, 1.82) is 0 Å². The van der Waals surface area contributed by atoms with Crippen molar-refractivity contribution in [3.05, 3.63) is 12.2 Å². The Bertz CT molecular complexity index is 1580. The van der Waals surface area contributed by atoms with Crippen LogP contribution in [-0.2, 0) is 42.8 Å². The Morgan fingerprint density at radius 2 is 1.27 bits per heavy atom. The maximum absolute atomic E-state index is 13.2. The summed E-state index contributed by atoms with van der Waals surface area (Å²) in [5.74, 6) is -6.15. The average Bonchev–Trinajstić information content (AvgIpc) is 3.36. The Morgan fingerprint density at radius 3 is 1.85 bits per heavy atom. The SMILES string of the molecule is CCCCCC/C=C\CCCC(=O)NC(COC1OC(CO)C(OC2OC(CO)C(O)C(OC3(C(=O)O)CC(O)C(NC(C)=O)C(C(O)C(O)CO)O3)C2O)C(O)C1O)C(O)CCCCCCCCCCCC. The van der Waals surface area contributed by atoms with E-state index in [1.807, 2.05) is 0 Å². The topological polar surface area (TPSA) is 373 Å². The Labute approximate surface area is 429 Å². The molecule has 2 amide bonds. The van der Waals surface area contributed by atoms with Gasteiger partial charge in [-0.3, -0.25) is 9.59 Å². The Kier molecular flexibility index (Phi) is 30.4. The van der Waals surface area contributed by atoms with Gasteiger partial charge in [-0.15, -0.1) is 0 Å². The van der Waals surface area contributed by atoms with Crippen LogP contribution in [-0.4, -0.2) is 215 Å². The molecule has 3 heterocycles. The number of aliphatic carboxylic acids is 1. The number of aliphatic hydroxyl groups is 11. The minimum atomic E-state index is -3.08. The zero-order valence-corrected chi connectivity index (χ0v) is 43.0. The zero-order valence-electron chi connectivity index (χ0n) is 43.0. The van der Waals surface area contributed by atoms with Crippen molar-refractivity contribution in [2.75, 3.05) is 26.4 Å². The molecule has 0 aliphatic carbocycles. The molecule has 0 aromatic carbocycles. The number of ether oxygens (including phenoxy) is 6. The van der Waals surface area contributed by atoms with Gasteiger partial charge in [-0.1, -0.05) is 109 Å². The molecule has 0 radical (unpaired) electrons. The van der Waals surface area contributed by atoms with Gasteiger partial charge in [0.2, 0.25) is 11.8 Å². The van der Waals surface area contributed by atoms with E-state index in [1.54, 1.807) is 0 Å². The third kappa shape index (κ3) is 20.4. The number of unbranched alkanes of at least 4 members (excludes halogenated alkanes) is 14. The third-order valence-corrected chi connectivity index (χ3v) is 13.7. The van der Waals surface area contributed by atoms with Gasteiger partial charge in [0.05, 0.1) is 50.7 Å². The standard InChI is InChI=1S/C50H90N2O21/c1-4-6-8-10-12-14-16-17-19-21-23-32(57)31(52-37(60)24-22-20-18-15-13-11-9-7-5-2)29-68-47-42(64)41(63)44(36(28-55)70-47)71-48-43(65)46(40(62)35(27-54)69-48)73-50(49(66)67)25-33(58)38(51-30(3)56)45(72-50)39(61)34(59)26-53/h15,18,31-36,38-48,53-55,57-59,61-65H,4-14,16-17,19-29H2,1-3H3,(H,51,56)(H,52,60)(H,66,67)/b18-15-. The van der Waals surface area contributed by atoms with E-state index >= 15 is 0 Å². The van der Waals surface area contributed by atoms with Crippen molar-refractivity contribution in [3.8, 4) is 0 Å². The Balaban J connectivity index is 1.74. The number of allylic oxidation sites excluding steroid dienone is 2. The highest BCUT2D eigenvalue weighted by Crippen LogP contribution is 2.38. The van der Waals surface area contributed by atoms with E-state index < -0.39 is 148 Å². The number of hydrogen-bond acceptors (Lipinski definition) is 20. The molecule has 426 valence electrons. The van der Waals surface area contributed by atoms with E-state index in [4.69, 9.17) is 28.4 Å². The minimum Gasteiger partial charge on any atom is -0.477 e. The maximum atomic E-state index is 13.2. The van der Waals surface area contributed by atoms with Crippen LogP contribution in [0.25, 0.3) is 0 Å². The van der Waals surface area contributed by atoms with Crippen molar-refractivity contribution in [1.82, 2.24) is 10.6 Å². The van der Waals surface area contributed by atoms with Gasteiger partial charge in [0.1, 0.15) is 67.1 Å². The second kappa shape index (κ2) is 34.3. The molecule has 3 fully saturated rings. The summed E-state index contributed by atoms with van der Waals surface area (Å²) in [6, 6.07) is -2.54. The van der Waals surface area contributed by atoms with Crippen LogP contribution in [0.3, 0.4) is 0 Å². The lowest BCUT2D eigenvalue weighted by Gasteiger charge is -2.50. The molecular formula is C50H90N2O21. The van der Waals surface area contributed by atoms with Crippen LogP contribution >= 0.6 is 0 Å². The third-order valence-electron chi connectivity index (χ3n) is 13.7. The summed E-state index contributed by atoms with van der Waals surface area (Å²) in [6.45, 7) is 2.03. The Morgan fingerprint density at radius 1 is 0.699 bits per heavy atom. The number of hydrogen-bond donors (Lipinski definition) is 14. The summed E-state index contributed by atoms with van der Waals surface area (Å²) in [5.41, 5.74) is 0. The number of carbonyl (C=O) groups excluding carboxylic acids is 2. The van der Waals surface area contributed by atoms with Crippen LogP contribution in [0.2, 0.25) is 0 Å². The molecular weight excluding hydrogens is 965 g/mol. The van der Waals surface area contributed by atoms with Gasteiger partial charge < -0.3 is 100 Å². The lowest BCUT2D eigenvalue weighted by atomic mass is 9.88. The van der Waals surface area contributed by atoms with Crippen molar-refractivity contribution in [2.24, 2.45) is 0 Å². The largest absolute Gasteiger partial charge is 0.477 e. The fourth-order valence-corrected chi connectivity index (χ4v) is 9.36. The number of carboxylic acid groups (broad SMARTS) is 1. The van der Waals surface area contributed by atoms with E-state index in [0.29, 0.717) is 25.7 Å². The Hall–Kier alpha value is -2.53. The van der Waals surface area contributed by atoms with Crippen molar-refractivity contribution < 1.29 is 104 Å². The van der Waals surface area contributed by atoms with Gasteiger partial charge in [-0.05, 0) is 32.1 Å². The predicted molar refractivity (Wildman–Crippen MR) is 260 cm³/mol. The van der Waals surface area contributed by atoms with Crippen molar-refractivity contribution >= 4 is 17.8 Å². The molecule has 3 rings (SSSR count). The number of aliphatic hydroxyl groups excluding tert-OH is 11. The fraction of sp³-hybridized carbons (Fsp3) is 0.900. The van der Waals surface area contributed by atoms with Gasteiger partial charge in [-0.2, -0.15) is 0 Å². The van der Waals surface area contributed by atoms with Crippen LogP contribution in [0.1, 0.15) is 149 Å². The number of amides is 2. The van der Waals surface area contributed by atoms with Gasteiger partial charge >= 0.3 is 5.97 Å². The highest BCUT2D eigenvalue weighted by Gasteiger charge is 2.60. The van der Waals surface area contributed by atoms with Crippen LogP contribution < -0.4 is 10.6 Å². The molecule has 18 atom stereocenters. The smallest absolute Gasteiger partial charge is 0.364 e. The molecule has 0 spiro atoms.